The van der Waals surface area contributed by atoms with Gasteiger partial charge in [0.05, 0.1) is 39.2 Å². The first-order chi connectivity index (χ1) is 9.35. The fraction of sp³-hybridized carbons (Fsp3) is 0.0769. The maximum atomic E-state index is 9.11. The molecule has 0 saturated carbocycles. The van der Waals surface area contributed by atoms with Gasteiger partial charge in [0.15, 0.2) is 0 Å². The summed E-state index contributed by atoms with van der Waals surface area (Å²) in [6.07, 6.45) is 0. The quantitative estimate of drug-likeness (QED) is 0.524. The summed E-state index contributed by atoms with van der Waals surface area (Å²) in [6.45, 7) is -0.0476. The van der Waals surface area contributed by atoms with Crippen LogP contribution in [0.25, 0.3) is 32.6 Å². The predicted molar refractivity (Wildman–Crippen MR) is 75.0 cm³/mol. The molecule has 0 atom stereocenters. The van der Waals surface area contributed by atoms with Gasteiger partial charge in [0.2, 0.25) is 0 Å². The van der Waals surface area contributed by atoms with Crippen molar-refractivity contribution in [3.8, 4) is 11.4 Å². The van der Waals surface area contributed by atoms with Crippen LogP contribution in [0.2, 0.25) is 0 Å². The number of aliphatic hydroxyl groups excluding tert-OH is 1. The minimum atomic E-state index is -0.0476. The van der Waals surface area contributed by atoms with E-state index >= 15 is 0 Å². The Balaban J connectivity index is 1.93. The van der Waals surface area contributed by atoms with Crippen LogP contribution in [0.5, 0.6) is 0 Å². The molecule has 0 radical (unpaired) electrons. The lowest BCUT2D eigenvalue weighted by Crippen LogP contribution is -1.87. The molecule has 0 unspecified atom stereocenters. The zero-order valence-electron chi connectivity index (χ0n) is 9.84. The van der Waals surface area contributed by atoms with Gasteiger partial charge in [-0.05, 0) is 29.6 Å². The average molecular weight is 270 g/mol. The maximum absolute atomic E-state index is 9.11. The fourth-order valence-electron chi connectivity index (χ4n) is 2.20. The molecule has 0 amide bonds. The molecule has 19 heavy (non-hydrogen) atoms. The van der Waals surface area contributed by atoms with E-state index in [1.165, 1.54) is 0 Å². The second kappa shape index (κ2) is 3.91. The molecule has 0 aliphatic carbocycles. The van der Waals surface area contributed by atoms with E-state index in [1.54, 1.807) is 11.3 Å². The minimum absolute atomic E-state index is 0.0476. The highest BCUT2D eigenvalue weighted by atomic mass is 32.1. The summed E-state index contributed by atoms with van der Waals surface area (Å²) in [5.74, 6) is 0. The van der Waals surface area contributed by atoms with E-state index in [9.17, 15) is 0 Å². The van der Waals surface area contributed by atoms with Crippen LogP contribution in [0.4, 0.5) is 0 Å². The van der Waals surface area contributed by atoms with Crippen molar-refractivity contribution in [3.63, 3.8) is 0 Å². The normalized spacial score (nSPS) is 11.6. The zero-order valence-corrected chi connectivity index (χ0v) is 10.7. The SMILES string of the molecule is OCc1ccc2[nH]c(-c3n[nH]c4ccsc34)cc2n1. The summed E-state index contributed by atoms with van der Waals surface area (Å²) >= 11 is 1.66. The summed E-state index contributed by atoms with van der Waals surface area (Å²) in [6, 6.07) is 7.72. The molecule has 0 saturated heterocycles. The number of aliphatic hydroxyl groups is 1. The van der Waals surface area contributed by atoms with E-state index in [-0.39, 0.29) is 6.61 Å². The standard InChI is InChI=1S/C13H10N4OS/c18-6-7-1-2-8-10(14-7)5-11(15-8)12-13-9(16-17-12)3-4-19-13/h1-5,15,18H,6H2,(H,16,17). The van der Waals surface area contributed by atoms with Gasteiger partial charge in [-0.2, -0.15) is 5.10 Å². The summed E-state index contributed by atoms with van der Waals surface area (Å²) < 4.78 is 1.13. The molecule has 0 spiro atoms. The van der Waals surface area contributed by atoms with E-state index in [0.717, 1.165) is 32.6 Å². The molecular formula is C13H10N4OS. The van der Waals surface area contributed by atoms with Crippen LogP contribution < -0.4 is 0 Å². The van der Waals surface area contributed by atoms with Crippen LogP contribution >= 0.6 is 11.3 Å². The highest BCUT2D eigenvalue weighted by Gasteiger charge is 2.12. The molecule has 4 rings (SSSR count). The van der Waals surface area contributed by atoms with E-state index in [0.29, 0.717) is 5.69 Å². The van der Waals surface area contributed by atoms with Gasteiger partial charge in [0, 0.05) is 0 Å². The molecule has 94 valence electrons. The Bertz CT molecular complexity index is 873. The Morgan fingerprint density at radius 1 is 1.21 bits per heavy atom. The summed E-state index contributed by atoms with van der Waals surface area (Å²) in [5, 5.41) is 18.5. The van der Waals surface area contributed by atoms with Gasteiger partial charge in [0.1, 0.15) is 5.69 Å². The second-order valence-corrected chi connectivity index (χ2v) is 5.23. The van der Waals surface area contributed by atoms with Crippen LogP contribution in [-0.4, -0.2) is 25.3 Å². The Hall–Kier alpha value is -2.18. The zero-order chi connectivity index (χ0) is 12.8. The van der Waals surface area contributed by atoms with Gasteiger partial charge in [-0.1, -0.05) is 0 Å². The van der Waals surface area contributed by atoms with Gasteiger partial charge >= 0.3 is 0 Å². The van der Waals surface area contributed by atoms with Crippen molar-refractivity contribution in [1.82, 2.24) is 20.2 Å². The molecule has 6 heteroatoms. The second-order valence-electron chi connectivity index (χ2n) is 4.31. The van der Waals surface area contributed by atoms with E-state index < -0.39 is 0 Å². The predicted octanol–water partition coefficient (Wildman–Crippen LogP) is 2.66. The number of pyridine rings is 1. The van der Waals surface area contributed by atoms with Crippen LogP contribution in [0.15, 0.2) is 29.6 Å². The first kappa shape index (κ1) is 10.7. The molecule has 4 aromatic heterocycles. The lowest BCUT2D eigenvalue weighted by atomic mass is 10.3. The highest BCUT2D eigenvalue weighted by molar-refractivity contribution is 7.17. The number of fused-ring (bicyclic) bond motifs is 2. The number of rotatable bonds is 2. The molecule has 0 aromatic carbocycles. The van der Waals surface area contributed by atoms with Crippen molar-refractivity contribution in [1.29, 1.82) is 0 Å². The van der Waals surface area contributed by atoms with Crippen molar-refractivity contribution in [2.24, 2.45) is 0 Å². The van der Waals surface area contributed by atoms with Gasteiger partial charge in [-0.3, -0.25) is 5.10 Å². The van der Waals surface area contributed by atoms with Crippen LogP contribution in [-0.2, 0) is 6.61 Å². The van der Waals surface area contributed by atoms with Crippen molar-refractivity contribution >= 4 is 32.6 Å². The Labute approximate surface area is 111 Å². The Kier molecular flexibility index (Phi) is 2.20. The largest absolute Gasteiger partial charge is 0.390 e. The molecule has 0 aliphatic heterocycles. The van der Waals surface area contributed by atoms with Gasteiger partial charge < -0.3 is 10.1 Å². The summed E-state index contributed by atoms with van der Waals surface area (Å²) in [7, 11) is 0. The van der Waals surface area contributed by atoms with Gasteiger partial charge in [0.25, 0.3) is 0 Å². The number of nitrogens with one attached hydrogen (secondary N) is 2. The summed E-state index contributed by atoms with van der Waals surface area (Å²) in [4.78, 5) is 7.69. The number of nitrogens with zero attached hydrogens (tertiary/aromatic N) is 2. The molecule has 4 aromatic rings. The first-order valence-corrected chi connectivity index (χ1v) is 6.74. The monoisotopic (exact) mass is 270 g/mol. The van der Waals surface area contributed by atoms with Gasteiger partial charge in [-0.25, -0.2) is 4.98 Å². The number of hydrogen-bond donors (Lipinski definition) is 3. The first-order valence-electron chi connectivity index (χ1n) is 5.86. The topological polar surface area (TPSA) is 77.6 Å². The van der Waals surface area contributed by atoms with Gasteiger partial charge in [-0.15, -0.1) is 11.3 Å². The number of thiophene rings is 1. The molecular weight excluding hydrogens is 260 g/mol. The Morgan fingerprint density at radius 2 is 2.16 bits per heavy atom. The van der Waals surface area contributed by atoms with Crippen LogP contribution in [0.3, 0.4) is 0 Å². The fourth-order valence-corrected chi connectivity index (χ4v) is 3.04. The molecule has 0 bridgehead atoms. The molecule has 4 heterocycles. The third kappa shape index (κ3) is 1.57. The van der Waals surface area contributed by atoms with Crippen molar-refractivity contribution < 1.29 is 5.11 Å². The maximum Gasteiger partial charge on any atom is 0.126 e. The van der Waals surface area contributed by atoms with Crippen molar-refractivity contribution in [2.45, 2.75) is 6.61 Å². The lowest BCUT2D eigenvalue weighted by Gasteiger charge is -1.93. The van der Waals surface area contributed by atoms with E-state index in [2.05, 4.69) is 20.2 Å². The lowest BCUT2D eigenvalue weighted by molar-refractivity contribution is 0.277. The molecule has 0 fully saturated rings. The molecule has 0 aliphatic rings. The number of hydrogen-bond acceptors (Lipinski definition) is 4. The van der Waals surface area contributed by atoms with Crippen molar-refractivity contribution in [3.05, 3.63) is 35.3 Å². The molecule has 3 N–H and O–H groups in total. The number of H-pyrrole nitrogens is 2. The third-order valence-corrected chi connectivity index (χ3v) is 4.04. The van der Waals surface area contributed by atoms with E-state index in [4.69, 9.17) is 5.11 Å². The number of aromatic nitrogens is 4. The Morgan fingerprint density at radius 3 is 3.05 bits per heavy atom. The summed E-state index contributed by atoms with van der Waals surface area (Å²) in [5.41, 5.74) is 5.35. The average Bonchev–Trinajstić information content (AvgIpc) is 3.11. The smallest absolute Gasteiger partial charge is 0.126 e. The highest BCUT2D eigenvalue weighted by Crippen LogP contribution is 2.31. The minimum Gasteiger partial charge on any atom is -0.390 e. The third-order valence-electron chi connectivity index (χ3n) is 3.12. The van der Waals surface area contributed by atoms with Crippen LogP contribution in [0.1, 0.15) is 5.69 Å². The molecule has 5 nitrogen and oxygen atoms in total. The van der Waals surface area contributed by atoms with Crippen LogP contribution in [0, 0.1) is 0 Å². The number of aromatic amines is 2. The van der Waals surface area contributed by atoms with Crippen molar-refractivity contribution in [2.75, 3.05) is 0 Å². The van der Waals surface area contributed by atoms with E-state index in [1.807, 2.05) is 29.6 Å².